The summed E-state index contributed by atoms with van der Waals surface area (Å²) in [5, 5.41) is 8.87. The lowest BCUT2D eigenvalue weighted by Gasteiger charge is -1.99. The third-order valence-corrected chi connectivity index (χ3v) is 2.90. The van der Waals surface area contributed by atoms with Crippen molar-refractivity contribution in [1.82, 2.24) is 0 Å². The summed E-state index contributed by atoms with van der Waals surface area (Å²) in [6, 6.07) is 11.7. The van der Waals surface area contributed by atoms with Crippen molar-refractivity contribution in [2.45, 2.75) is 6.61 Å². The van der Waals surface area contributed by atoms with E-state index in [1.165, 1.54) is 0 Å². The summed E-state index contributed by atoms with van der Waals surface area (Å²) in [4.78, 5) is 0. The average molecular weight is 300 g/mol. The Morgan fingerprint density at radius 3 is 2.57 bits per heavy atom. The lowest BCUT2D eigenvalue weighted by atomic mass is 10.2. The first-order valence-electron chi connectivity index (χ1n) is 4.26. The molecule has 2 nitrogen and oxygen atoms in total. The first-order chi connectivity index (χ1) is 6.81. The first-order valence-corrected chi connectivity index (χ1v) is 5.33. The molecule has 0 amide bonds. The molecule has 1 heterocycles. The Labute approximate surface area is 95.7 Å². The molecule has 3 heteroatoms. The van der Waals surface area contributed by atoms with Gasteiger partial charge in [0, 0.05) is 9.13 Å². The van der Waals surface area contributed by atoms with E-state index in [0.29, 0.717) is 5.76 Å². The van der Waals surface area contributed by atoms with E-state index in [0.717, 1.165) is 14.9 Å². The maximum atomic E-state index is 8.87. The Kier molecular flexibility index (Phi) is 2.88. The number of benzene rings is 1. The summed E-state index contributed by atoms with van der Waals surface area (Å²) in [5.41, 5.74) is 1.06. The van der Waals surface area contributed by atoms with Gasteiger partial charge in [-0.15, -0.1) is 0 Å². The smallest absolute Gasteiger partial charge is 0.135 e. The molecule has 0 aliphatic heterocycles. The molecule has 0 atom stereocenters. The van der Waals surface area contributed by atoms with Gasteiger partial charge in [0.1, 0.15) is 18.1 Å². The quantitative estimate of drug-likeness (QED) is 0.865. The second kappa shape index (κ2) is 4.14. The van der Waals surface area contributed by atoms with Crippen LogP contribution >= 0.6 is 22.6 Å². The number of hydrogen-bond donors (Lipinski definition) is 1. The van der Waals surface area contributed by atoms with Crippen LogP contribution in [0, 0.1) is 3.57 Å². The minimum atomic E-state index is -0.0522. The summed E-state index contributed by atoms with van der Waals surface area (Å²) in [6.07, 6.45) is 0. The number of halogens is 1. The molecule has 14 heavy (non-hydrogen) atoms. The van der Waals surface area contributed by atoms with E-state index in [9.17, 15) is 0 Å². The van der Waals surface area contributed by atoms with Gasteiger partial charge in [-0.05, 0) is 40.8 Å². The van der Waals surface area contributed by atoms with Crippen molar-refractivity contribution < 1.29 is 9.52 Å². The fourth-order valence-electron chi connectivity index (χ4n) is 1.27. The van der Waals surface area contributed by atoms with Gasteiger partial charge in [-0.25, -0.2) is 0 Å². The molecule has 0 aliphatic carbocycles. The molecule has 0 spiro atoms. The number of aliphatic hydroxyl groups excluding tert-OH is 1. The van der Waals surface area contributed by atoms with Crippen molar-refractivity contribution in [3.63, 3.8) is 0 Å². The number of aliphatic hydroxyl groups is 1. The summed E-state index contributed by atoms with van der Waals surface area (Å²) in [7, 11) is 0. The molecule has 1 N–H and O–H groups in total. The summed E-state index contributed by atoms with van der Waals surface area (Å²) in [5.74, 6) is 1.40. The van der Waals surface area contributed by atoms with Crippen molar-refractivity contribution in [2.24, 2.45) is 0 Å². The minimum absolute atomic E-state index is 0.0522. The molecule has 0 unspecified atom stereocenters. The predicted molar refractivity (Wildman–Crippen MR) is 62.8 cm³/mol. The lowest BCUT2D eigenvalue weighted by Crippen LogP contribution is -1.79. The molecule has 0 bridgehead atoms. The predicted octanol–water partition coefficient (Wildman–Crippen LogP) is 3.04. The lowest BCUT2D eigenvalue weighted by molar-refractivity contribution is 0.248. The highest BCUT2D eigenvalue weighted by molar-refractivity contribution is 14.1. The second-order valence-electron chi connectivity index (χ2n) is 2.90. The van der Waals surface area contributed by atoms with Gasteiger partial charge in [-0.2, -0.15) is 0 Å². The molecule has 2 aromatic rings. The van der Waals surface area contributed by atoms with Crippen LogP contribution in [0.2, 0.25) is 0 Å². The minimum Gasteiger partial charge on any atom is -0.459 e. The zero-order chi connectivity index (χ0) is 9.97. The van der Waals surface area contributed by atoms with Crippen molar-refractivity contribution in [1.29, 1.82) is 0 Å². The third-order valence-electron chi connectivity index (χ3n) is 1.96. The van der Waals surface area contributed by atoms with Crippen LogP contribution < -0.4 is 0 Å². The van der Waals surface area contributed by atoms with E-state index in [1.807, 2.05) is 30.3 Å². The van der Waals surface area contributed by atoms with E-state index >= 15 is 0 Å². The van der Waals surface area contributed by atoms with Crippen LogP contribution in [-0.2, 0) is 6.61 Å². The van der Waals surface area contributed by atoms with Crippen LogP contribution in [0.4, 0.5) is 0 Å². The Balaban J connectivity index is 2.44. The van der Waals surface area contributed by atoms with E-state index in [1.54, 1.807) is 6.07 Å². The maximum absolute atomic E-state index is 8.87. The van der Waals surface area contributed by atoms with Crippen molar-refractivity contribution in [2.75, 3.05) is 0 Å². The second-order valence-corrected chi connectivity index (χ2v) is 4.07. The zero-order valence-electron chi connectivity index (χ0n) is 7.40. The highest BCUT2D eigenvalue weighted by atomic mass is 127. The van der Waals surface area contributed by atoms with Gasteiger partial charge in [0.05, 0.1) is 0 Å². The zero-order valence-corrected chi connectivity index (χ0v) is 9.56. The van der Waals surface area contributed by atoms with Crippen molar-refractivity contribution in [3.05, 3.63) is 45.7 Å². The highest BCUT2D eigenvalue weighted by Crippen LogP contribution is 2.26. The van der Waals surface area contributed by atoms with Crippen LogP contribution in [0.1, 0.15) is 5.76 Å². The van der Waals surface area contributed by atoms with Gasteiger partial charge in [0.25, 0.3) is 0 Å². The Bertz CT molecular complexity index is 434. The molecule has 0 saturated carbocycles. The van der Waals surface area contributed by atoms with Crippen LogP contribution in [0.15, 0.2) is 40.8 Å². The number of furan rings is 1. The van der Waals surface area contributed by atoms with Gasteiger partial charge in [0.15, 0.2) is 0 Å². The van der Waals surface area contributed by atoms with Gasteiger partial charge in [-0.3, -0.25) is 0 Å². The molecule has 0 aliphatic rings. The van der Waals surface area contributed by atoms with Crippen LogP contribution in [0.3, 0.4) is 0 Å². The Morgan fingerprint density at radius 1 is 1.14 bits per heavy atom. The van der Waals surface area contributed by atoms with Gasteiger partial charge in [-0.1, -0.05) is 18.2 Å². The molecule has 0 fully saturated rings. The molecular formula is C11H9IO2. The van der Waals surface area contributed by atoms with Crippen LogP contribution in [-0.4, -0.2) is 5.11 Å². The number of hydrogen-bond acceptors (Lipinski definition) is 2. The Morgan fingerprint density at radius 2 is 1.93 bits per heavy atom. The SMILES string of the molecule is OCc1ccc(-c2ccccc2I)o1. The molecule has 1 aromatic heterocycles. The molecule has 72 valence electrons. The molecule has 0 radical (unpaired) electrons. The Hall–Kier alpha value is -0.810. The summed E-state index contributed by atoms with van der Waals surface area (Å²) < 4.78 is 6.59. The molecule has 1 aromatic carbocycles. The maximum Gasteiger partial charge on any atom is 0.135 e. The van der Waals surface area contributed by atoms with Crippen molar-refractivity contribution in [3.8, 4) is 11.3 Å². The number of rotatable bonds is 2. The van der Waals surface area contributed by atoms with Crippen molar-refractivity contribution >= 4 is 22.6 Å². The normalized spacial score (nSPS) is 10.4. The van der Waals surface area contributed by atoms with Crippen LogP contribution in [0.25, 0.3) is 11.3 Å². The monoisotopic (exact) mass is 300 g/mol. The van der Waals surface area contributed by atoms with Crippen LogP contribution in [0.5, 0.6) is 0 Å². The standard InChI is InChI=1S/C11H9IO2/c12-10-4-2-1-3-9(10)11-6-5-8(7-13)14-11/h1-6,13H,7H2. The largest absolute Gasteiger partial charge is 0.459 e. The summed E-state index contributed by atoms with van der Waals surface area (Å²) in [6.45, 7) is -0.0522. The molecule has 0 saturated heterocycles. The van der Waals surface area contributed by atoms with E-state index in [4.69, 9.17) is 9.52 Å². The average Bonchev–Trinajstić information content (AvgIpc) is 2.67. The highest BCUT2D eigenvalue weighted by Gasteiger charge is 2.06. The van der Waals surface area contributed by atoms with E-state index < -0.39 is 0 Å². The fraction of sp³-hybridized carbons (Fsp3) is 0.0909. The first kappa shape index (κ1) is 9.73. The molecule has 2 rings (SSSR count). The molecular weight excluding hydrogens is 291 g/mol. The van der Waals surface area contributed by atoms with E-state index in [2.05, 4.69) is 22.6 Å². The van der Waals surface area contributed by atoms with E-state index in [-0.39, 0.29) is 6.61 Å². The van der Waals surface area contributed by atoms with Gasteiger partial charge >= 0.3 is 0 Å². The third kappa shape index (κ3) is 1.83. The van der Waals surface area contributed by atoms with Gasteiger partial charge in [0.2, 0.25) is 0 Å². The topological polar surface area (TPSA) is 33.4 Å². The summed E-state index contributed by atoms with van der Waals surface area (Å²) >= 11 is 2.26. The fourth-order valence-corrected chi connectivity index (χ4v) is 1.92. The van der Waals surface area contributed by atoms with Gasteiger partial charge < -0.3 is 9.52 Å².